The van der Waals surface area contributed by atoms with Gasteiger partial charge in [-0.25, -0.2) is 4.79 Å². The maximum absolute atomic E-state index is 11.3. The Kier molecular flexibility index (Phi) is 7.59. The number of hydrogen-bond acceptors (Lipinski definition) is 6. The predicted octanol–water partition coefficient (Wildman–Crippen LogP) is 0.266. The average molecular weight is 292 g/mol. The minimum atomic E-state index is -0.904. The molecule has 0 radical (unpaired) electrons. The fraction of sp³-hybridized carbons (Fsp3) is 0.545. The van der Waals surface area contributed by atoms with Crippen molar-refractivity contribution in [3.63, 3.8) is 0 Å². The topological polar surface area (TPSA) is 117 Å². The highest BCUT2D eigenvalue weighted by molar-refractivity contribution is 6.43. The first-order chi connectivity index (χ1) is 8.77. The number of rotatable bonds is 7. The molecule has 0 aromatic rings. The molecule has 0 aromatic heterocycles. The highest BCUT2D eigenvalue weighted by Gasteiger charge is 2.16. The van der Waals surface area contributed by atoms with Crippen LogP contribution in [0.2, 0.25) is 0 Å². The number of carbonyl (C=O) groups excluding carboxylic acids is 2. The summed E-state index contributed by atoms with van der Waals surface area (Å²) in [6, 6.07) is 0. The average Bonchev–Trinajstić information content (AvgIpc) is 2.27. The molecule has 108 valence electrons. The third kappa shape index (κ3) is 7.30. The van der Waals surface area contributed by atoms with Gasteiger partial charge in [-0.3, -0.25) is 9.79 Å². The van der Waals surface area contributed by atoms with Crippen LogP contribution in [0.15, 0.2) is 17.0 Å². The van der Waals surface area contributed by atoms with Crippen LogP contribution in [0.25, 0.3) is 0 Å². The number of halogens is 1. The summed E-state index contributed by atoms with van der Waals surface area (Å²) in [5.74, 6) is -1.56. The number of ether oxygens (including phenoxy) is 2. The molecular formula is C11H18ClN3O4. The molecule has 0 rings (SSSR count). The quantitative estimate of drug-likeness (QED) is 0.229. The van der Waals surface area contributed by atoms with Gasteiger partial charge in [-0.2, -0.15) is 0 Å². The zero-order valence-corrected chi connectivity index (χ0v) is 11.8. The summed E-state index contributed by atoms with van der Waals surface area (Å²) in [7, 11) is 0. The molecule has 1 unspecified atom stereocenters. The molecule has 0 aromatic carbocycles. The second-order valence-corrected chi connectivity index (χ2v) is 4.14. The lowest BCUT2D eigenvalue weighted by Crippen LogP contribution is -2.27. The van der Waals surface area contributed by atoms with E-state index in [-0.39, 0.29) is 18.2 Å². The zero-order valence-electron chi connectivity index (χ0n) is 11.1. The van der Waals surface area contributed by atoms with Crippen LogP contribution in [0.5, 0.6) is 0 Å². The summed E-state index contributed by atoms with van der Waals surface area (Å²) in [4.78, 5) is 26.1. The minimum Gasteiger partial charge on any atom is -0.465 e. The Morgan fingerprint density at radius 3 is 2.37 bits per heavy atom. The van der Waals surface area contributed by atoms with Gasteiger partial charge in [0.25, 0.3) is 5.91 Å². The molecule has 0 saturated heterocycles. The molecule has 0 fully saturated rings. The van der Waals surface area contributed by atoms with E-state index in [0.717, 1.165) is 6.08 Å². The fourth-order valence-electron chi connectivity index (χ4n) is 1.04. The third-order valence-electron chi connectivity index (χ3n) is 1.78. The first kappa shape index (κ1) is 17.2. The van der Waals surface area contributed by atoms with Crippen molar-refractivity contribution in [3.8, 4) is 0 Å². The second kappa shape index (κ2) is 8.36. The van der Waals surface area contributed by atoms with Crippen LogP contribution < -0.4 is 11.5 Å². The van der Waals surface area contributed by atoms with Crippen molar-refractivity contribution in [3.05, 3.63) is 12.0 Å². The normalized spacial score (nSPS) is 15.6. The first-order valence-electron chi connectivity index (χ1n) is 5.60. The summed E-state index contributed by atoms with van der Waals surface area (Å²) in [6.45, 7) is 4.91. The van der Waals surface area contributed by atoms with Gasteiger partial charge < -0.3 is 20.9 Å². The van der Waals surface area contributed by atoms with Crippen LogP contribution in [0.4, 0.5) is 0 Å². The molecule has 0 bridgehead atoms. The van der Waals surface area contributed by atoms with Gasteiger partial charge in [-0.15, -0.1) is 0 Å². The number of nitrogens with zero attached hydrogens (tertiary/aromatic N) is 1. The Morgan fingerprint density at radius 2 is 1.95 bits per heavy atom. The molecule has 19 heavy (non-hydrogen) atoms. The monoisotopic (exact) mass is 291 g/mol. The Morgan fingerprint density at radius 1 is 1.37 bits per heavy atom. The van der Waals surface area contributed by atoms with Gasteiger partial charge in [0.05, 0.1) is 6.61 Å². The van der Waals surface area contributed by atoms with E-state index in [1.807, 2.05) is 0 Å². The van der Waals surface area contributed by atoms with E-state index in [1.165, 1.54) is 6.92 Å². The van der Waals surface area contributed by atoms with E-state index >= 15 is 0 Å². The second-order valence-electron chi connectivity index (χ2n) is 3.51. The van der Waals surface area contributed by atoms with Gasteiger partial charge in [0.15, 0.2) is 12.0 Å². The Labute approximate surface area is 116 Å². The predicted molar refractivity (Wildman–Crippen MR) is 71.4 cm³/mol. The lowest BCUT2D eigenvalue weighted by atomic mass is 10.3. The number of nitrogens with two attached hydrogens (primary N) is 2. The smallest absolute Gasteiger partial charge is 0.347 e. The molecule has 0 aliphatic rings. The molecule has 0 spiro atoms. The van der Waals surface area contributed by atoms with Gasteiger partial charge >= 0.3 is 5.97 Å². The maximum atomic E-state index is 11.3. The molecule has 0 aliphatic heterocycles. The van der Waals surface area contributed by atoms with Crippen molar-refractivity contribution >= 4 is 29.2 Å². The van der Waals surface area contributed by atoms with Crippen molar-refractivity contribution in [2.45, 2.75) is 32.4 Å². The maximum Gasteiger partial charge on any atom is 0.347 e. The first-order valence-corrected chi connectivity index (χ1v) is 6.03. The summed E-state index contributed by atoms with van der Waals surface area (Å²) in [5, 5.41) is 0. The van der Waals surface area contributed by atoms with Crippen LogP contribution in [0, 0.1) is 0 Å². The zero-order chi connectivity index (χ0) is 15.0. The van der Waals surface area contributed by atoms with Crippen molar-refractivity contribution in [1.82, 2.24) is 0 Å². The van der Waals surface area contributed by atoms with Gasteiger partial charge in [-0.1, -0.05) is 11.6 Å². The number of carbonyl (C=O) groups is 2. The van der Waals surface area contributed by atoms with E-state index in [0.29, 0.717) is 0 Å². The van der Waals surface area contributed by atoms with Crippen molar-refractivity contribution in [2.75, 3.05) is 6.61 Å². The van der Waals surface area contributed by atoms with Crippen LogP contribution >= 0.6 is 11.6 Å². The Balaban J connectivity index is 4.79. The van der Waals surface area contributed by atoms with Crippen LogP contribution in [0.1, 0.15) is 20.8 Å². The molecular weight excluding hydrogens is 274 g/mol. The summed E-state index contributed by atoms with van der Waals surface area (Å²) in [6.07, 6.45) is 0.204. The highest BCUT2D eigenvalue weighted by Crippen LogP contribution is 2.02. The van der Waals surface area contributed by atoms with Gasteiger partial charge in [0, 0.05) is 6.08 Å². The molecule has 0 heterocycles. The number of hydrogen-bond donors (Lipinski definition) is 2. The summed E-state index contributed by atoms with van der Waals surface area (Å²) >= 11 is 5.62. The molecule has 4 N–H and O–H groups in total. The molecule has 0 saturated carbocycles. The van der Waals surface area contributed by atoms with E-state index in [1.54, 1.807) is 13.8 Å². The highest BCUT2D eigenvalue weighted by atomic mass is 35.5. The van der Waals surface area contributed by atoms with Gasteiger partial charge in [0.2, 0.25) is 0 Å². The molecule has 7 nitrogen and oxygen atoms in total. The molecule has 1 amide bonds. The Hall–Kier alpha value is -1.76. The Bertz CT molecular complexity index is 393. The van der Waals surface area contributed by atoms with Crippen LogP contribution in [0.3, 0.4) is 0 Å². The van der Waals surface area contributed by atoms with Crippen molar-refractivity contribution in [2.24, 2.45) is 16.5 Å². The molecule has 2 atom stereocenters. The van der Waals surface area contributed by atoms with E-state index in [2.05, 4.69) is 4.99 Å². The van der Waals surface area contributed by atoms with Crippen molar-refractivity contribution < 1.29 is 19.1 Å². The van der Waals surface area contributed by atoms with E-state index < -0.39 is 23.5 Å². The van der Waals surface area contributed by atoms with Gasteiger partial charge in [0.1, 0.15) is 11.2 Å². The summed E-state index contributed by atoms with van der Waals surface area (Å²) < 4.78 is 9.79. The number of amides is 1. The van der Waals surface area contributed by atoms with Crippen LogP contribution in [-0.4, -0.2) is 35.8 Å². The number of alkyl halides is 1. The lowest BCUT2D eigenvalue weighted by Gasteiger charge is -2.13. The molecule has 8 heteroatoms. The number of esters is 1. The standard InChI is InChI=1S/C11H18ClN3O4/c1-4-18-11(17)6(2)19-9(13)5-8(10(14)16)15-7(3)12/h5-7H,4,13H2,1-3H3,(H2,14,16)/b9-5+,15-8?/t6-,7?/m0/s1. The molecule has 0 aliphatic carbocycles. The van der Waals surface area contributed by atoms with Gasteiger partial charge in [-0.05, 0) is 20.8 Å². The van der Waals surface area contributed by atoms with E-state index in [4.69, 9.17) is 32.5 Å². The summed E-state index contributed by atoms with van der Waals surface area (Å²) in [5.41, 5.74) is 9.83. The van der Waals surface area contributed by atoms with E-state index in [9.17, 15) is 9.59 Å². The number of aliphatic imine (C=N–C) groups is 1. The SMILES string of the molecule is CCOC(=O)[C@H](C)O/C(N)=C/C(=NC(C)Cl)C(N)=O. The fourth-order valence-corrected chi connectivity index (χ4v) is 1.15. The third-order valence-corrected chi connectivity index (χ3v) is 1.88. The lowest BCUT2D eigenvalue weighted by molar-refractivity contribution is -0.153. The van der Waals surface area contributed by atoms with Crippen LogP contribution in [-0.2, 0) is 19.1 Å². The minimum absolute atomic E-state index is 0.143. The number of primary amides is 1. The van der Waals surface area contributed by atoms with Crippen molar-refractivity contribution in [1.29, 1.82) is 0 Å². The largest absolute Gasteiger partial charge is 0.465 e.